The Morgan fingerprint density at radius 3 is 2.82 bits per heavy atom. The molecular weight excluding hydrogens is 330 g/mol. The molecule has 0 atom stereocenters. The van der Waals surface area contributed by atoms with Crippen LogP contribution in [0, 0.1) is 0 Å². The fraction of sp³-hybridized carbons (Fsp3) is 0.400. The molecule has 0 aliphatic carbocycles. The van der Waals surface area contributed by atoms with Crippen LogP contribution in [0.2, 0.25) is 5.02 Å². The molecule has 4 nitrogen and oxygen atoms in total. The first-order valence-corrected chi connectivity index (χ1v) is 7.80. The van der Waals surface area contributed by atoms with Crippen molar-refractivity contribution in [2.24, 2.45) is 0 Å². The van der Waals surface area contributed by atoms with E-state index in [-0.39, 0.29) is 12.4 Å². The van der Waals surface area contributed by atoms with E-state index in [0.717, 1.165) is 4.47 Å². The number of hydrogen-bond acceptors (Lipinski definition) is 3. The number of rotatable bonds is 6. The summed E-state index contributed by atoms with van der Waals surface area (Å²) in [6.45, 7) is 2.47. The second-order valence-corrected chi connectivity index (χ2v) is 6.41. The maximum Gasteiger partial charge on any atom is 0.235 e. The first-order valence-electron chi connectivity index (χ1n) is 4.98. The molecule has 0 saturated heterocycles. The van der Waals surface area contributed by atoms with Crippen molar-refractivity contribution in [3.63, 3.8) is 0 Å². The van der Waals surface area contributed by atoms with E-state index in [9.17, 15) is 8.42 Å². The average molecular weight is 343 g/mol. The second kappa shape index (κ2) is 6.58. The number of hydrogen-bond donors (Lipinski definition) is 1. The van der Waals surface area contributed by atoms with Crippen LogP contribution in [0.25, 0.3) is 0 Å². The van der Waals surface area contributed by atoms with Gasteiger partial charge in [-0.15, -0.1) is 0 Å². The highest BCUT2D eigenvalue weighted by atomic mass is 79.9. The standard InChI is InChI=1S/C10H13BrClNO3S/c1-2-16-5-6-17(14,15)13-10-7-8(11)3-4-9(10)12/h3-4,7,13H,2,5-6H2,1H3. The Morgan fingerprint density at radius 1 is 1.47 bits per heavy atom. The van der Waals surface area contributed by atoms with Crippen molar-refractivity contribution in [2.75, 3.05) is 23.7 Å². The zero-order chi connectivity index (χ0) is 12.9. The molecule has 0 amide bonds. The van der Waals surface area contributed by atoms with Crippen molar-refractivity contribution in [2.45, 2.75) is 6.92 Å². The molecule has 0 unspecified atom stereocenters. The van der Waals surface area contributed by atoms with Crippen LogP contribution in [-0.4, -0.2) is 27.4 Å². The highest BCUT2D eigenvalue weighted by Crippen LogP contribution is 2.26. The van der Waals surface area contributed by atoms with Gasteiger partial charge < -0.3 is 4.74 Å². The Hall–Kier alpha value is -0.300. The number of halogens is 2. The molecule has 1 N–H and O–H groups in total. The summed E-state index contributed by atoms with van der Waals surface area (Å²) < 4.78 is 31.5. The van der Waals surface area contributed by atoms with Crippen molar-refractivity contribution in [1.82, 2.24) is 0 Å². The molecule has 0 radical (unpaired) electrons. The van der Waals surface area contributed by atoms with Crippen molar-refractivity contribution < 1.29 is 13.2 Å². The predicted molar refractivity (Wildman–Crippen MR) is 73.1 cm³/mol. The van der Waals surface area contributed by atoms with Gasteiger partial charge in [0.2, 0.25) is 10.0 Å². The van der Waals surface area contributed by atoms with Gasteiger partial charge in [0.25, 0.3) is 0 Å². The maximum atomic E-state index is 11.7. The van der Waals surface area contributed by atoms with E-state index in [4.69, 9.17) is 16.3 Å². The summed E-state index contributed by atoms with van der Waals surface area (Å²) in [6, 6.07) is 4.97. The Balaban J connectivity index is 2.72. The second-order valence-electron chi connectivity index (χ2n) is 3.24. The van der Waals surface area contributed by atoms with Crippen LogP contribution in [0.1, 0.15) is 6.92 Å². The minimum Gasteiger partial charge on any atom is -0.381 e. The quantitative estimate of drug-likeness (QED) is 0.809. The highest BCUT2D eigenvalue weighted by Gasteiger charge is 2.12. The predicted octanol–water partition coefficient (Wildman–Crippen LogP) is 2.88. The van der Waals surface area contributed by atoms with Crippen molar-refractivity contribution >= 4 is 43.2 Å². The molecule has 1 aromatic carbocycles. The van der Waals surface area contributed by atoms with Crippen molar-refractivity contribution in [3.8, 4) is 0 Å². The van der Waals surface area contributed by atoms with Crippen LogP contribution < -0.4 is 4.72 Å². The summed E-state index contributed by atoms with van der Waals surface area (Å²) in [5.74, 6) is -0.0936. The van der Waals surface area contributed by atoms with E-state index in [1.165, 1.54) is 0 Å². The van der Waals surface area contributed by atoms with Gasteiger partial charge in [0.05, 0.1) is 23.1 Å². The number of ether oxygens (including phenoxy) is 1. The molecule has 0 heterocycles. The lowest BCUT2D eigenvalue weighted by atomic mass is 10.3. The van der Waals surface area contributed by atoms with Crippen LogP contribution in [-0.2, 0) is 14.8 Å². The normalized spacial score (nSPS) is 11.5. The largest absolute Gasteiger partial charge is 0.381 e. The summed E-state index contributed by atoms with van der Waals surface area (Å²) in [5.41, 5.74) is 0.359. The lowest BCUT2D eigenvalue weighted by molar-refractivity contribution is 0.163. The number of sulfonamides is 1. The van der Waals surface area contributed by atoms with Gasteiger partial charge in [-0.2, -0.15) is 0 Å². The minimum absolute atomic E-state index is 0.0936. The lowest BCUT2D eigenvalue weighted by Crippen LogP contribution is -2.20. The Morgan fingerprint density at radius 2 is 2.18 bits per heavy atom. The Bertz CT molecular complexity index is 478. The zero-order valence-electron chi connectivity index (χ0n) is 9.24. The smallest absolute Gasteiger partial charge is 0.235 e. The molecule has 7 heteroatoms. The first-order chi connectivity index (χ1) is 7.94. The van der Waals surface area contributed by atoms with Gasteiger partial charge in [-0.1, -0.05) is 27.5 Å². The Kier molecular flexibility index (Phi) is 5.72. The molecule has 0 fully saturated rings. The van der Waals surface area contributed by atoms with E-state index < -0.39 is 10.0 Å². The first kappa shape index (κ1) is 14.8. The van der Waals surface area contributed by atoms with Gasteiger partial charge in [0.15, 0.2) is 0 Å². The summed E-state index contributed by atoms with van der Waals surface area (Å²) in [4.78, 5) is 0. The zero-order valence-corrected chi connectivity index (χ0v) is 12.4. The van der Waals surface area contributed by atoms with E-state index in [0.29, 0.717) is 17.3 Å². The van der Waals surface area contributed by atoms with E-state index in [1.807, 2.05) is 6.92 Å². The molecule has 0 bridgehead atoms. The van der Waals surface area contributed by atoms with Crippen molar-refractivity contribution in [1.29, 1.82) is 0 Å². The van der Waals surface area contributed by atoms with E-state index >= 15 is 0 Å². The van der Waals surface area contributed by atoms with Gasteiger partial charge in [0, 0.05) is 11.1 Å². The molecule has 17 heavy (non-hydrogen) atoms. The monoisotopic (exact) mass is 341 g/mol. The van der Waals surface area contributed by atoms with Crippen LogP contribution in [0.4, 0.5) is 5.69 Å². The SMILES string of the molecule is CCOCCS(=O)(=O)Nc1cc(Br)ccc1Cl. The molecule has 0 aliphatic heterocycles. The molecule has 0 aliphatic rings. The topological polar surface area (TPSA) is 55.4 Å². The average Bonchev–Trinajstić information content (AvgIpc) is 2.23. The third-order valence-electron chi connectivity index (χ3n) is 1.89. The molecule has 0 aromatic heterocycles. The third kappa shape index (κ3) is 5.25. The fourth-order valence-electron chi connectivity index (χ4n) is 1.11. The number of nitrogens with one attached hydrogen (secondary N) is 1. The summed E-state index contributed by atoms with van der Waals surface area (Å²) >= 11 is 9.13. The van der Waals surface area contributed by atoms with Gasteiger partial charge in [-0.25, -0.2) is 8.42 Å². The summed E-state index contributed by atoms with van der Waals surface area (Å²) in [7, 11) is -3.43. The molecular formula is C10H13BrClNO3S. The van der Waals surface area contributed by atoms with Crippen LogP contribution in [0.5, 0.6) is 0 Å². The van der Waals surface area contributed by atoms with E-state index in [1.54, 1.807) is 18.2 Å². The molecule has 0 saturated carbocycles. The number of anilines is 1. The van der Waals surface area contributed by atoms with Gasteiger partial charge in [-0.05, 0) is 25.1 Å². The van der Waals surface area contributed by atoms with Crippen molar-refractivity contribution in [3.05, 3.63) is 27.7 Å². The van der Waals surface area contributed by atoms with Crippen LogP contribution in [0.15, 0.2) is 22.7 Å². The summed E-state index contributed by atoms with van der Waals surface area (Å²) in [6.07, 6.45) is 0. The molecule has 1 rings (SSSR count). The maximum absolute atomic E-state index is 11.7. The highest BCUT2D eigenvalue weighted by molar-refractivity contribution is 9.10. The third-order valence-corrected chi connectivity index (χ3v) is 3.95. The van der Waals surface area contributed by atoms with Crippen LogP contribution in [0.3, 0.4) is 0 Å². The summed E-state index contributed by atoms with van der Waals surface area (Å²) in [5, 5.41) is 0.355. The fourth-order valence-corrected chi connectivity index (χ4v) is 2.63. The molecule has 1 aromatic rings. The minimum atomic E-state index is -3.43. The lowest BCUT2D eigenvalue weighted by Gasteiger charge is -2.09. The van der Waals surface area contributed by atoms with Gasteiger partial charge in [-0.3, -0.25) is 4.72 Å². The van der Waals surface area contributed by atoms with Gasteiger partial charge >= 0.3 is 0 Å². The van der Waals surface area contributed by atoms with Crippen LogP contribution >= 0.6 is 27.5 Å². The van der Waals surface area contributed by atoms with Gasteiger partial charge in [0.1, 0.15) is 0 Å². The van der Waals surface area contributed by atoms with E-state index in [2.05, 4.69) is 20.7 Å². The molecule has 96 valence electrons. The Labute approximate surface area is 114 Å². The number of benzene rings is 1. The molecule has 0 spiro atoms.